The number of alkyl halides is 3. The number of hydrogen-bond acceptors (Lipinski definition) is 5. The molecule has 1 aromatic rings. The van der Waals surface area contributed by atoms with Crippen LogP contribution in [0.5, 0.6) is 0 Å². The monoisotopic (exact) mass is 470 g/mol. The van der Waals surface area contributed by atoms with Gasteiger partial charge in [0.15, 0.2) is 0 Å². The van der Waals surface area contributed by atoms with Crippen LogP contribution in [0, 0.1) is 5.41 Å². The van der Waals surface area contributed by atoms with E-state index >= 15 is 4.39 Å². The molecule has 0 aliphatic carbocycles. The van der Waals surface area contributed by atoms with E-state index in [2.05, 4.69) is 0 Å². The molecule has 2 fully saturated rings. The highest BCUT2D eigenvalue weighted by molar-refractivity contribution is 5.76. The van der Waals surface area contributed by atoms with Crippen molar-refractivity contribution in [2.75, 3.05) is 19.6 Å². The first-order chi connectivity index (χ1) is 15.2. The van der Waals surface area contributed by atoms with Gasteiger partial charge in [0.05, 0.1) is 24.0 Å². The van der Waals surface area contributed by atoms with Crippen LogP contribution in [-0.4, -0.2) is 71.3 Å². The SMILES string of the molecule is CC(C)(C)OC(=O)N1CC(F)(F)[C@H]2[C@@H]1CCN2C[C@@H](F)C(C)(C)C(=O)OCc1ccccc1. The number of likely N-dealkylation sites (tertiary alicyclic amines) is 2. The zero-order valence-electron chi connectivity index (χ0n) is 19.8. The van der Waals surface area contributed by atoms with Gasteiger partial charge in [0.1, 0.15) is 18.4 Å². The van der Waals surface area contributed by atoms with Crippen LogP contribution < -0.4 is 0 Å². The van der Waals surface area contributed by atoms with E-state index < -0.39 is 53.8 Å². The van der Waals surface area contributed by atoms with E-state index in [4.69, 9.17) is 9.47 Å². The van der Waals surface area contributed by atoms with Crippen molar-refractivity contribution in [1.82, 2.24) is 9.80 Å². The molecule has 0 saturated carbocycles. The summed E-state index contributed by atoms with van der Waals surface area (Å²) in [5.74, 6) is -3.95. The Balaban J connectivity index is 1.64. The van der Waals surface area contributed by atoms with Crippen LogP contribution in [0.15, 0.2) is 30.3 Å². The normalized spacial score (nSPS) is 23.8. The second-order valence-electron chi connectivity index (χ2n) is 10.4. The van der Waals surface area contributed by atoms with Crippen molar-refractivity contribution in [3.8, 4) is 0 Å². The molecule has 6 nitrogen and oxygen atoms in total. The lowest BCUT2D eigenvalue weighted by Crippen LogP contribution is -2.50. The molecule has 33 heavy (non-hydrogen) atoms. The first-order valence-corrected chi connectivity index (χ1v) is 11.2. The van der Waals surface area contributed by atoms with Gasteiger partial charge < -0.3 is 9.47 Å². The Morgan fingerprint density at radius 3 is 2.39 bits per heavy atom. The molecule has 3 atom stereocenters. The third-order valence-corrected chi connectivity index (χ3v) is 6.23. The number of ether oxygens (including phenoxy) is 2. The van der Waals surface area contributed by atoms with Crippen LogP contribution in [0.4, 0.5) is 18.0 Å². The van der Waals surface area contributed by atoms with E-state index in [0.717, 1.165) is 10.5 Å². The molecule has 3 rings (SSSR count). The summed E-state index contributed by atoms with van der Waals surface area (Å²) in [6, 6.07) is 6.93. The summed E-state index contributed by atoms with van der Waals surface area (Å²) in [5.41, 5.74) is -1.56. The Labute approximate surface area is 193 Å². The van der Waals surface area contributed by atoms with E-state index in [1.807, 2.05) is 6.07 Å². The minimum Gasteiger partial charge on any atom is -0.460 e. The molecule has 2 heterocycles. The van der Waals surface area contributed by atoms with Gasteiger partial charge in [0.2, 0.25) is 0 Å². The molecule has 0 unspecified atom stereocenters. The van der Waals surface area contributed by atoms with Gasteiger partial charge in [0.25, 0.3) is 5.92 Å². The fourth-order valence-electron chi connectivity index (χ4n) is 4.35. The number of halogens is 3. The molecule has 0 N–H and O–H groups in total. The van der Waals surface area contributed by atoms with Gasteiger partial charge in [-0.25, -0.2) is 18.0 Å². The van der Waals surface area contributed by atoms with Crippen molar-refractivity contribution >= 4 is 12.1 Å². The van der Waals surface area contributed by atoms with Crippen molar-refractivity contribution in [1.29, 1.82) is 0 Å². The largest absolute Gasteiger partial charge is 0.460 e. The Morgan fingerprint density at radius 1 is 1.15 bits per heavy atom. The van der Waals surface area contributed by atoms with Crippen molar-refractivity contribution in [3.05, 3.63) is 35.9 Å². The van der Waals surface area contributed by atoms with E-state index in [1.165, 1.54) is 18.7 Å². The van der Waals surface area contributed by atoms with Gasteiger partial charge in [-0.3, -0.25) is 14.6 Å². The number of amides is 1. The van der Waals surface area contributed by atoms with Gasteiger partial charge in [-0.05, 0) is 46.6 Å². The third kappa shape index (κ3) is 5.62. The maximum Gasteiger partial charge on any atom is 0.410 e. The quantitative estimate of drug-likeness (QED) is 0.576. The molecule has 184 valence electrons. The number of hydrogen-bond donors (Lipinski definition) is 0. The van der Waals surface area contributed by atoms with Gasteiger partial charge in [0, 0.05) is 13.1 Å². The predicted octanol–water partition coefficient (Wildman–Crippen LogP) is 4.42. The number of esters is 1. The number of nitrogens with zero attached hydrogens (tertiary/aromatic N) is 2. The molecule has 2 saturated heterocycles. The number of rotatable bonds is 6. The maximum absolute atomic E-state index is 15.3. The molecule has 2 aliphatic rings. The van der Waals surface area contributed by atoms with Crippen LogP contribution in [0.25, 0.3) is 0 Å². The summed E-state index contributed by atoms with van der Waals surface area (Å²) in [6.07, 6.45) is -2.24. The van der Waals surface area contributed by atoms with Crippen LogP contribution in [0.3, 0.4) is 0 Å². The second kappa shape index (κ2) is 9.16. The lowest BCUT2D eigenvalue weighted by atomic mass is 9.87. The molecule has 1 amide bonds. The molecule has 0 spiro atoms. The van der Waals surface area contributed by atoms with Gasteiger partial charge in [-0.2, -0.15) is 0 Å². The van der Waals surface area contributed by atoms with E-state index in [-0.39, 0.29) is 26.1 Å². The van der Waals surface area contributed by atoms with Crippen molar-refractivity contribution in [3.63, 3.8) is 0 Å². The molecule has 0 bridgehead atoms. The predicted molar refractivity (Wildman–Crippen MR) is 117 cm³/mol. The average molecular weight is 471 g/mol. The minimum absolute atomic E-state index is 0.00710. The Hall–Kier alpha value is -2.29. The van der Waals surface area contributed by atoms with Crippen molar-refractivity contribution in [2.24, 2.45) is 5.41 Å². The third-order valence-electron chi connectivity index (χ3n) is 6.23. The smallest absolute Gasteiger partial charge is 0.410 e. The van der Waals surface area contributed by atoms with E-state index in [1.54, 1.807) is 45.0 Å². The first kappa shape index (κ1) is 25.3. The Bertz CT molecular complexity index is 857. The summed E-state index contributed by atoms with van der Waals surface area (Å²) >= 11 is 0. The number of benzene rings is 1. The average Bonchev–Trinajstić information content (AvgIpc) is 3.25. The van der Waals surface area contributed by atoms with Crippen LogP contribution >= 0.6 is 0 Å². The lowest BCUT2D eigenvalue weighted by Gasteiger charge is -2.33. The standard InChI is InChI=1S/C24H33F3N2O4/c1-22(2,3)33-21(31)29-15-24(26,27)19-17(29)11-12-28(19)13-18(25)23(4,5)20(30)32-14-16-9-7-6-8-10-16/h6-10,17-19H,11-15H2,1-5H3/t17-,18+,19+/m0/s1. The maximum atomic E-state index is 15.3. The number of carbonyl (C=O) groups excluding carboxylic acids is 2. The molecule has 0 radical (unpaired) electrons. The summed E-state index contributed by atoms with van der Waals surface area (Å²) < 4.78 is 55.7. The molecule has 2 aliphatic heterocycles. The van der Waals surface area contributed by atoms with Crippen LogP contribution in [0.2, 0.25) is 0 Å². The van der Waals surface area contributed by atoms with Gasteiger partial charge in [-0.1, -0.05) is 30.3 Å². The molecular formula is C24H33F3N2O4. The number of carbonyl (C=O) groups is 2. The highest BCUT2D eigenvalue weighted by atomic mass is 19.3. The molecular weight excluding hydrogens is 437 g/mol. The summed E-state index contributed by atoms with van der Waals surface area (Å²) in [4.78, 5) is 27.5. The van der Waals surface area contributed by atoms with E-state index in [0.29, 0.717) is 0 Å². The second-order valence-corrected chi connectivity index (χ2v) is 10.4. The number of fused-ring (bicyclic) bond motifs is 1. The fourth-order valence-corrected chi connectivity index (χ4v) is 4.35. The highest BCUT2D eigenvalue weighted by Crippen LogP contribution is 2.43. The molecule has 9 heteroatoms. The van der Waals surface area contributed by atoms with Crippen LogP contribution in [0.1, 0.15) is 46.6 Å². The fraction of sp³-hybridized carbons (Fsp3) is 0.667. The van der Waals surface area contributed by atoms with Gasteiger partial charge >= 0.3 is 12.1 Å². The zero-order chi connectivity index (χ0) is 24.6. The molecule has 0 aromatic heterocycles. The topological polar surface area (TPSA) is 59.1 Å². The zero-order valence-corrected chi connectivity index (χ0v) is 19.8. The van der Waals surface area contributed by atoms with Gasteiger partial charge in [-0.15, -0.1) is 0 Å². The van der Waals surface area contributed by atoms with E-state index in [9.17, 15) is 18.4 Å². The first-order valence-electron chi connectivity index (χ1n) is 11.2. The van der Waals surface area contributed by atoms with Crippen molar-refractivity contribution < 1.29 is 32.2 Å². The van der Waals surface area contributed by atoms with Crippen LogP contribution in [-0.2, 0) is 20.9 Å². The van der Waals surface area contributed by atoms with Crippen molar-refractivity contribution in [2.45, 2.75) is 77.4 Å². The summed E-state index contributed by atoms with van der Waals surface area (Å²) in [6.45, 7) is 6.92. The Morgan fingerprint density at radius 2 is 1.79 bits per heavy atom. The summed E-state index contributed by atoms with van der Waals surface area (Å²) in [7, 11) is 0. The molecule has 1 aromatic carbocycles. The lowest BCUT2D eigenvalue weighted by molar-refractivity contribution is -0.160. The minimum atomic E-state index is -3.21. The highest BCUT2D eigenvalue weighted by Gasteiger charge is 2.61. The summed E-state index contributed by atoms with van der Waals surface area (Å²) in [5, 5.41) is 0. The Kier molecular flexibility index (Phi) is 7.03.